The molecule has 0 spiro atoms. The zero-order valence-corrected chi connectivity index (χ0v) is 14.7. The van der Waals surface area contributed by atoms with Crippen molar-refractivity contribution >= 4 is 28.3 Å². The summed E-state index contributed by atoms with van der Waals surface area (Å²) in [6, 6.07) is 1.82. The number of aliphatic carboxylic acids is 1. The summed E-state index contributed by atoms with van der Waals surface area (Å²) in [7, 11) is 0. The predicted molar refractivity (Wildman–Crippen MR) is 88.9 cm³/mol. The number of carbonyl (C=O) groups excluding carboxylic acids is 1. The lowest BCUT2D eigenvalue weighted by Crippen LogP contribution is -2.35. The van der Waals surface area contributed by atoms with Gasteiger partial charge in [0.2, 0.25) is 0 Å². The monoisotopic (exact) mass is 327 g/mol. The molecule has 6 heteroatoms. The molecule has 1 N–H and O–H groups in total. The number of hydrogen-bond donors (Lipinski definition) is 1. The van der Waals surface area contributed by atoms with Gasteiger partial charge >= 0.3 is 11.9 Å². The Morgan fingerprint density at radius 2 is 1.95 bits per heavy atom. The highest BCUT2D eigenvalue weighted by atomic mass is 32.1. The molecule has 0 aliphatic rings. The summed E-state index contributed by atoms with van der Waals surface area (Å²) in [6.07, 6.45) is 0. The number of anilines is 1. The lowest BCUT2D eigenvalue weighted by Gasteiger charge is -2.27. The van der Waals surface area contributed by atoms with Crippen molar-refractivity contribution in [3.05, 3.63) is 16.5 Å². The van der Waals surface area contributed by atoms with Gasteiger partial charge in [-0.3, -0.25) is 4.79 Å². The number of aryl methyl sites for hydroxylation is 1. The van der Waals surface area contributed by atoms with Crippen LogP contribution in [0.4, 0.5) is 5.00 Å². The summed E-state index contributed by atoms with van der Waals surface area (Å²) in [5, 5.41) is 9.97. The van der Waals surface area contributed by atoms with Crippen molar-refractivity contribution in [2.75, 3.05) is 24.6 Å². The number of carbonyl (C=O) groups is 2. The van der Waals surface area contributed by atoms with Gasteiger partial charge in [0.05, 0.1) is 18.1 Å². The van der Waals surface area contributed by atoms with Crippen LogP contribution in [0.5, 0.6) is 0 Å². The molecule has 0 amide bonds. The number of ether oxygens (including phenoxy) is 1. The van der Waals surface area contributed by atoms with Crippen molar-refractivity contribution in [1.82, 2.24) is 0 Å². The minimum absolute atomic E-state index is 0.322. The summed E-state index contributed by atoms with van der Waals surface area (Å²) < 4.78 is 5.11. The first-order chi connectivity index (χ1) is 10.3. The fraction of sp³-hybridized carbons (Fsp3) is 0.625. The van der Waals surface area contributed by atoms with Gasteiger partial charge in [-0.1, -0.05) is 20.8 Å². The molecule has 124 valence electrons. The van der Waals surface area contributed by atoms with Crippen molar-refractivity contribution in [2.45, 2.75) is 34.6 Å². The van der Waals surface area contributed by atoms with Crippen LogP contribution in [0.15, 0.2) is 6.07 Å². The van der Waals surface area contributed by atoms with Gasteiger partial charge in [0.15, 0.2) is 0 Å². The lowest BCUT2D eigenvalue weighted by molar-refractivity contribution is -0.140. The first kappa shape index (κ1) is 18.5. The van der Waals surface area contributed by atoms with Crippen LogP contribution in [-0.2, 0) is 9.53 Å². The fourth-order valence-electron chi connectivity index (χ4n) is 2.18. The largest absolute Gasteiger partial charge is 0.481 e. The molecule has 0 aromatic carbocycles. The smallest absolute Gasteiger partial charge is 0.341 e. The fourth-order valence-corrected chi connectivity index (χ4v) is 3.19. The zero-order chi connectivity index (χ0) is 16.9. The van der Waals surface area contributed by atoms with Crippen LogP contribution in [0.1, 0.15) is 42.9 Å². The van der Waals surface area contributed by atoms with Crippen LogP contribution in [-0.4, -0.2) is 36.7 Å². The minimum Gasteiger partial charge on any atom is -0.481 e. The highest BCUT2D eigenvalue weighted by Gasteiger charge is 2.24. The average Bonchev–Trinajstić information content (AvgIpc) is 2.79. The minimum atomic E-state index is -0.834. The summed E-state index contributed by atoms with van der Waals surface area (Å²) in [5.74, 6) is -1.33. The predicted octanol–water partition coefficient (Wildman–Crippen LogP) is 3.42. The maximum atomic E-state index is 12.1. The topological polar surface area (TPSA) is 66.8 Å². The van der Waals surface area contributed by atoms with Crippen LogP contribution in [0, 0.1) is 18.8 Å². The van der Waals surface area contributed by atoms with E-state index in [1.807, 2.05) is 17.9 Å². The van der Waals surface area contributed by atoms with Gasteiger partial charge in [0.1, 0.15) is 5.00 Å². The van der Waals surface area contributed by atoms with Crippen LogP contribution in [0.25, 0.3) is 0 Å². The first-order valence-electron chi connectivity index (χ1n) is 7.51. The van der Waals surface area contributed by atoms with E-state index in [-0.39, 0.29) is 5.97 Å². The Hall–Kier alpha value is -1.56. The lowest BCUT2D eigenvalue weighted by atomic mass is 10.1. The Morgan fingerprint density at radius 1 is 1.32 bits per heavy atom. The molecule has 0 radical (unpaired) electrons. The molecular weight excluding hydrogens is 302 g/mol. The third-order valence-electron chi connectivity index (χ3n) is 3.12. The average molecular weight is 327 g/mol. The van der Waals surface area contributed by atoms with Crippen molar-refractivity contribution < 1.29 is 19.4 Å². The number of carboxylic acids is 1. The standard InChI is InChI=1S/C16H25NO4S/c1-6-21-16(20)13-7-12(5)22-14(13)17(8-10(2)3)9-11(4)15(18)19/h7,10-11H,6,8-9H2,1-5H3,(H,18,19). The van der Waals surface area contributed by atoms with Gasteiger partial charge in [-0.25, -0.2) is 4.79 Å². The molecule has 1 aromatic heterocycles. The molecule has 0 saturated carbocycles. The van der Waals surface area contributed by atoms with Crippen molar-refractivity contribution in [2.24, 2.45) is 11.8 Å². The normalized spacial score (nSPS) is 12.3. The van der Waals surface area contributed by atoms with E-state index in [1.54, 1.807) is 13.8 Å². The summed E-state index contributed by atoms with van der Waals surface area (Å²) in [5.41, 5.74) is 0.530. The molecule has 0 aliphatic heterocycles. The number of hydrogen-bond acceptors (Lipinski definition) is 5. The number of thiophene rings is 1. The van der Waals surface area contributed by atoms with Crippen LogP contribution < -0.4 is 4.90 Å². The van der Waals surface area contributed by atoms with Crippen LogP contribution in [0.2, 0.25) is 0 Å². The number of carboxylic acid groups (broad SMARTS) is 1. The third-order valence-corrected chi connectivity index (χ3v) is 4.23. The van der Waals surface area contributed by atoms with Crippen molar-refractivity contribution in [3.63, 3.8) is 0 Å². The van der Waals surface area contributed by atoms with E-state index >= 15 is 0 Å². The number of rotatable bonds is 8. The SMILES string of the molecule is CCOC(=O)c1cc(C)sc1N(CC(C)C)CC(C)C(=O)O. The molecule has 1 atom stereocenters. The molecule has 0 saturated heterocycles. The van der Waals surface area contributed by atoms with Gasteiger partial charge in [-0.2, -0.15) is 0 Å². The molecule has 1 aromatic rings. The van der Waals surface area contributed by atoms with Crippen LogP contribution in [0.3, 0.4) is 0 Å². The second kappa shape index (κ2) is 8.17. The van der Waals surface area contributed by atoms with Gasteiger partial charge < -0.3 is 14.7 Å². The van der Waals surface area contributed by atoms with Gasteiger partial charge in [-0.05, 0) is 25.8 Å². The van der Waals surface area contributed by atoms with Gasteiger partial charge in [0.25, 0.3) is 0 Å². The molecule has 1 rings (SSSR count). The molecule has 5 nitrogen and oxygen atoms in total. The van der Waals surface area contributed by atoms with E-state index < -0.39 is 11.9 Å². The molecular formula is C16H25NO4S. The zero-order valence-electron chi connectivity index (χ0n) is 13.9. The van der Waals surface area contributed by atoms with Gasteiger partial charge in [0, 0.05) is 18.0 Å². The van der Waals surface area contributed by atoms with Crippen molar-refractivity contribution in [3.8, 4) is 0 Å². The maximum absolute atomic E-state index is 12.1. The second-order valence-corrected chi connectivity index (χ2v) is 7.07. The second-order valence-electron chi connectivity index (χ2n) is 5.83. The number of nitrogens with zero attached hydrogens (tertiary/aromatic N) is 1. The Labute approximate surface area is 135 Å². The van der Waals surface area contributed by atoms with Crippen molar-refractivity contribution in [1.29, 1.82) is 0 Å². The van der Waals surface area contributed by atoms with E-state index in [0.29, 0.717) is 31.2 Å². The number of esters is 1. The van der Waals surface area contributed by atoms with Crippen LogP contribution >= 0.6 is 11.3 Å². The molecule has 0 aliphatic carbocycles. The maximum Gasteiger partial charge on any atom is 0.341 e. The molecule has 0 fully saturated rings. The van der Waals surface area contributed by atoms with E-state index in [0.717, 1.165) is 9.88 Å². The first-order valence-corrected chi connectivity index (χ1v) is 8.33. The highest BCUT2D eigenvalue weighted by molar-refractivity contribution is 7.16. The Morgan fingerprint density at radius 3 is 2.45 bits per heavy atom. The Balaban J connectivity index is 3.12. The summed E-state index contributed by atoms with van der Waals surface area (Å²) in [6.45, 7) is 10.9. The molecule has 1 unspecified atom stereocenters. The van der Waals surface area contributed by atoms with E-state index in [9.17, 15) is 9.59 Å². The summed E-state index contributed by atoms with van der Waals surface area (Å²) >= 11 is 1.50. The third kappa shape index (κ3) is 5.02. The highest BCUT2D eigenvalue weighted by Crippen LogP contribution is 2.33. The Bertz CT molecular complexity index is 524. The van der Waals surface area contributed by atoms with E-state index in [4.69, 9.17) is 9.84 Å². The van der Waals surface area contributed by atoms with E-state index in [2.05, 4.69) is 13.8 Å². The van der Waals surface area contributed by atoms with E-state index in [1.165, 1.54) is 11.3 Å². The molecule has 1 heterocycles. The summed E-state index contributed by atoms with van der Waals surface area (Å²) in [4.78, 5) is 26.3. The Kier molecular flexibility index (Phi) is 6.87. The molecule has 22 heavy (non-hydrogen) atoms. The molecule has 0 bridgehead atoms. The quantitative estimate of drug-likeness (QED) is 0.741. The van der Waals surface area contributed by atoms with Gasteiger partial charge in [-0.15, -0.1) is 11.3 Å².